The lowest BCUT2D eigenvalue weighted by Gasteiger charge is -2.17. The summed E-state index contributed by atoms with van der Waals surface area (Å²) >= 11 is 0. The van der Waals surface area contributed by atoms with Gasteiger partial charge >= 0.3 is 0 Å². The molecule has 116 valence electrons. The van der Waals surface area contributed by atoms with Crippen LogP contribution >= 0.6 is 0 Å². The predicted molar refractivity (Wildman–Crippen MR) is 98.1 cm³/mol. The van der Waals surface area contributed by atoms with E-state index in [9.17, 15) is 0 Å². The summed E-state index contributed by atoms with van der Waals surface area (Å²) in [5.41, 5.74) is 6.57. The lowest BCUT2D eigenvalue weighted by atomic mass is 9.87. The predicted octanol–water partition coefficient (Wildman–Crippen LogP) is 6.15. The average Bonchev–Trinajstić information content (AvgIpc) is 2.46. The van der Waals surface area contributed by atoms with Crippen LogP contribution in [-0.4, -0.2) is 0 Å². The van der Waals surface area contributed by atoms with E-state index >= 15 is 0 Å². The second-order valence-electron chi connectivity index (χ2n) is 6.99. The van der Waals surface area contributed by atoms with E-state index in [0.717, 1.165) is 18.4 Å². The highest BCUT2D eigenvalue weighted by atomic mass is 14.2. The molecule has 2 rings (SSSR count). The van der Waals surface area contributed by atoms with Gasteiger partial charge in [0.15, 0.2) is 0 Å². The van der Waals surface area contributed by atoms with Crippen molar-refractivity contribution in [1.29, 1.82) is 0 Å². The molecule has 0 bridgehead atoms. The maximum absolute atomic E-state index is 4.43. The van der Waals surface area contributed by atoms with Gasteiger partial charge in [0.25, 0.3) is 0 Å². The van der Waals surface area contributed by atoms with Crippen molar-refractivity contribution >= 4 is 5.57 Å². The largest absolute Gasteiger partial charge is 0.0905 e. The fourth-order valence-electron chi connectivity index (χ4n) is 3.01. The van der Waals surface area contributed by atoms with Crippen LogP contribution in [0.5, 0.6) is 0 Å². The number of hydrogen-bond acceptors (Lipinski definition) is 0. The molecule has 0 spiro atoms. The molecule has 0 fully saturated rings. The highest BCUT2D eigenvalue weighted by Crippen LogP contribution is 2.29. The van der Waals surface area contributed by atoms with Crippen molar-refractivity contribution in [2.45, 2.75) is 40.5 Å². The minimum absolute atomic E-state index is 0.653. The molecule has 0 N–H and O–H groups in total. The third-order valence-corrected chi connectivity index (χ3v) is 3.94. The van der Waals surface area contributed by atoms with Gasteiger partial charge in [-0.05, 0) is 52.5 Å². The molecule has 0 saturated carbocycles. The molecule has 0 heteroatoms. The smallest absolute Gasteiger partial charge is 0.0152 e. The molecule has 0 unspecified atom stereocenters. The zero-order chi connectivity index (χ0) is 16.1. The zero-order valence-electron chi connectivity index (χ0n) is 14.4. The zero-order valence-corrected chi connectivity index (χ0v) is 14.4. The molecule has 0 aliphatic rings. The van der Waals surface area contributed by atoms with Crippen molar-refractivity contribution in [2.24, 2.45) is 11.8 Å². The molecule has 0 atom stereocenters. The Morgan fingerprint density at radius 1 is 0.727 bits per heavy atom. The fraction of sp³-hybridized carbons (Fsp3) is 0.364. The summed E-state index contributed by atoms with van der Waals surface area (Å²) in [4.78, 5) is 0. The third kappa shape index (κ3) is 4.10. The molecule has 0 amide bonds. The number of rotatable bonds is 6. The van der Waals surface area contributed by atoms with Crippen molar-refractivity contribution in [1.82, 2.24) is 0 Å². The molecule has 2 aromatic carbocycles. The minimum Gasteiger partial charge on any atom is -0.0905 e. The Morgan fingerprint density at radius 2 is 1.09 bits per heavy atom. The van der Waals surface area contributed by atoms with Gasteiger partial charge in [0.1, 0.15) is 0 Å². The molecular weight excluding hydrogens is 264 g/mol. The quantitative estimate of drug-likeness (QED) is 0.599. The first-order valence-electron chi connectivity index (χ1n) is 8.34. The van der Waals surface area contributed by atoms with Gasteiger partial charge in [0, 0.05) is 0 Å². The molecule has 0 saturated heterocycles. The van der Waals surface area contributed by atoms with Gasteiger partial charge in [-0.1, -0.05) is 82.8 Å². The number of benzene rings is 2. The first-order chi connectivity index (χ1) is 10.5. The number of hydrogen-bond donors (Lipinski definition) is 0. The summed E-state index contributed by atoms with van der Waals surface area (Å²) in [6, 6.07) is 17.4. The summed E-state index contributed by atoms with van der Waals surface area (Å²) in [7, 11) is 0. The van der Waals surface area contributed by atoms with Gasteiger partial charge in [-0.15, -0.1) is 0 Å². The van der Waals surface area contributed by atoms with Crippen molar-refractivity contribution in [2.75, 3.05) is 0 Å². The minimum atomic E-state index is 0.653. The van der Waals surface area contributed by atoms with Crippen LogP contribution in [0.4, 0.5) is 0 Å². The molecule has 0 radical (unpaired) electrons. The molecule has 22 heavy (non-hydrogen) atoms. The topological polar surface area (TPSA) is 0 Å². The normalized spacial score (nSPS) is 11.2. The molecule has 0 aliphatic carbocycles. The van der Waals surface area contributed by atoms with Crippen LogP contribution < -0.4 is 0 Å². The molecule has 0 aliphatic heterocycles. The summed E-state index contributed by atoms with van der Waals surface area (Å²) in [5, 5.41) is 0. The lowest BCUT2D eigenvalue weighted by molar-refractivity contribution is 0.645. The van der Waals surface area contributed by atoms with E-state index < -0.39 is 0 Å². The Morgan fingerprint density at radius 3 is 1.45 bits per heavy atom. The van der Waals surface area contributed by atoms with Crippen LogP contribution in [0.2, 0.25) is 0 Å². The van der Waals surface area contributed by atoms with E-state index in [4.69, 9.17) is 0 Å². The molecule has 0 nitrogen and oxygen atoms in total. The van der Waals surface area contributed by atoms with Gasteiger partial charge in [0.05, 0.1) is 0 Å². The monoisotopic (exact) mass is 292 g/mol. The Balaban J connectivity index is 2.41. The van der Waals surface area contributed by atoms with Crippen LogP contribution in [0.25, 0.3) is 5.57 Å². The van der Waals surface area contributed by atoms with E-state index in [0.29, 0.717) is 11.8 Å². The summed E-state index contributed by atoms with van der Waals surface area (Å²) in [6.07, 6.45) is 2.20. The Bertz CT molecular complexity index is 576. The van der Waals surface area contributed by atoms with Crippen LogP contribution in [0.15, 0.2) is 55.1 Å². The van der Waals surface area contributed by atoms with Crippen LogP contribution in [0, 0.1) is 11.8 Å². The fourth-order valence-corrected chi connectivity index (χ4v) is 3.01. The Kier molecular flexibility index (Phi) is 5.60. The van der Waals surface area contributed by atoms with Crippen LogP contribution in [0.3, 0.4) is 0 Å². The van der Waals surface area contributed by atoms with E-state index in [1.54, 1.807) is 0 Å². The van der Waals surface area contributed by atoms with Crippen molar-refractivity contribution in [3.8, 4) is 0 Å². The van der Waals surface area contributed by atoms with Crippen molar-refractivity contribution in [3.05, 3.63) is 77.4 Å². The Labute approximate surface area is 135 Å². The summed E-state index contributed by atoms with van der Waals surface area (Å²) in [6.45, 7) is 13.5. The SMILES string of the molecule is C=C(c1ccccc1CC(C)C)c1ccccc1CC(C)C. The lowest BCUT2D eigenvalue weighted by Crippen LogP contribution is -2.02. The van der Waals surface area contributed by atoms with E-state index in [2.05, 4.69) is 82.8 Å². The van der Waals surface area contributed by atoms with Crippen LogP contribution in [0.1, 0.15) is 49.9 Å². The summed E-state index contributed by atoms with van der Waals surface area (Å²) in [5.74, 6) is 1.31. The van der Waals surface area contributed by atoms with E-state index in [1.807, 2.05) is 0 Å². The summed E-state index contributed by atoms with van der Waals surface area (Å²) < 4.78 is 0. The Hall–Kier alpha value is -1.82. The first kappa shape index (κ1) is 16.5. The van der Waals surface area contributed by atoms with Crippen molar-refractivity contribution in [3.63, 3.8) is 0 Å². The first-order valence-corrected chi connectivity index (χ1v) is 8.34. The van der Waals surface area contributed by atoms with Gasteiger partial charge in [0.2, 0.25) is 0 Å². The second-order valence-corrected chi connectivity index (χ2v) is 6.99. The molecular formula is C22H28. The van der Waals surface area contributed by atoms with Gasteiger partial charge in [-0.25, -0.2) is 0 Å². The average molecular weight is 292 g/mol. The molecule has 2 aromatic rings. The van der Waals surface area contributed by atoms with E-state index in [1.165, 1.54) is 22.3 Å². The molecule has 0 heterocycles. The van der Waals surface area contributed by atoms with Crippen molar-refractivity contribution < 1.29 is 0 Å². The second kappa shape index (κ2) is 7.45. The molecule has 0 aromatic heterocycles. The van der Waals surface area contributed by atoms with Crippen LogP contribution in [-0.2, 0) is 12.8 Å². The maximum atomic E-state index is 4.43. The van der Waals surface area contributed by atoms with Gasteiger partial charge < -0.3 is 0 Å². The highest BCUT2D eigenvalue weighted by Gasteiger charge is 2.12. The standard InChI is InChI=1S/C22H28/c1-16(2)14-19-10-6-8-12-21(19)18(5)22-13-9-7-11-20(22)15-17(3)4/h6-13,16-17H,5,14-15H2,1-4H3. The third-order valence-electron chi connectivity index (χ3n) is 3.94. The van der Waals surface area contributed by atoms with Gasteiger partial charge in [-0.3, -0.25) is 0 Å². The van der Waals surface area contributed by atoms with Gasteiger partial charge in [-0.2, -0.15) is 0 Å². The van der Waals surface area contributed by atoms with E-state index in [-0.39, 0.29) is 0 Å². The highest BCUT2D eigenvalue weighted by molar-refractivity contribution is 5.81. The maximum Gasteiger partial charge on any atom is -0.0152 e.